The van der Waals surface area contributed by atoms with Crippen molar-refractivity contribution in [2.75, 3.05) is 13.2 Å². The average molecular weight is 1140 g/mol. The van der Waals surface area contributed by atoms with Crippen LogP contribution in [0.15, 0.2) is 12.2 Å². The number of rotatable bonds is 70. The van der Waals surface area contributed by atoms with Gasteiger partial charge in [-0.05, 0) is 44.9 Å². The highest BCUT2D eigenvalue weighted by molar-refractivity contribution is 5.71. The van der Waals surface area contributed by atoms with Crippen molar-refractivity contribution >= 4 is 17.9 Å². The predicted molar refractivity (Wildman–Crippen MR) is 353 cm³/mol. The Morgan fingerprint density at radius 1 is 0.235 bits per heavy atom. The second-order valence-electron chi connectivity index (χ2n) is 25.6. The monoisotopic (exact) mass is 1140 g/mol. The Morgan fingerprint density at radius 3 is 0.617 bits per heavy atom. The molecule has 0 rings (SSSR count). The lowest BCUT2D eigenvalue weighted by Crippen LogP contribution is -2.30. The molecular formula is C75H144O6. The van der Waals surface area contributed by atoms with Crippen molar-refractivity contribution in [3.05, 3.63) is 12.2 Å². The molecule has 0 aliphatic rings. The third-order valence-corrected chi connectivity index (χ3v) is 17.3. The van der Waals surface area contributed by atoms with E-state index in [1.165, 1.54) is 334 Å². The van der Waals surface area contributed by atoms with Crippen LogP contribution >= 0.6 is 0 Å². The molecule has 0 fully saturated rings. The maximum atomic E-state index is 12.9. The molecule has 0 saturated heterocycles. The first kappa shape index (κ1) is 79.2. The Balaban J connectivity index is 4.13. The highest BCUT2D eigenvalue weighted by Crippen LogP contribution is 2.19. The molecule has 0 aromatic heterocycles. The summed E-state index contributed by atoms with van der Waals surface area (Å²) in [4.78, 5) is 38.5. The van der Waals surface area contributed by atoms with Crippen LogP contribution in [0.4, 0.5) is 0 Å². The van der Waals surface area contributed by atoms with E-state index < -0.39 is 6.10 Å². The van der Waals surface area contributed by atoms with Crippen LogP contribution in [0.5, 0.6) is 0 Å². The predicted octanol–water partition coefficient (Wildman–Crippen LogP) is 25.6. The molecule has 0 heterocycles. The number of allylic oxidation sites excluding steroid dienone is 2. The van der Waals surface area contributed by atoms with Crippen LogP contribution in [0.25, 0.3) is 0 Å². The van der Waals surface area contributed by atoms with E-state index in [1.807, 2.05) is 0 Å². The van der Waals surface area contributed by atoms with Crippen molar-refractivity contribution in [2.45, 2.75) is 438 Å². The van der Waals surface area contributed by atoms with Crippen LogP contribution in [0, 0.1) is 0 Å². The summed E-state index contributed by atoms with van der Waals surface area (Å²) in [6.45, 7) is 6.74. The molecule has 0 radical (unpaired) electrons. The van der Waals surface area contributed by atoms with Crippen LogP contribution in [-0.2, 0) is 28.6 Å². The van der Waals surface area contributed by atoms with Crippen LogP contribution in [0.1, 0.15) is 432 Å². The molecule has 0 spiro atoms. The van der Waals surface area contributed by atoms with Gasteiger partial charge in [0.25, 0.3) is 0 Å². The lowest BCUT2D eigenvalue weighted by molar-refractivity contribution is -0.167. The molecule has 0 bridgehead atoms. The third kappa shape index (κ3) is 68.8. The van der Waals surface area contributed by atoms with Gasteiger partial charge >= 0.3 is 17.9 Å². The second-order valence-corrected chi connectivity index (χ2v) is 25.6. The molecule has 1 unspecified atom stereocenters. The first-order valence-corrected chi connectivity index (χ1v) is 37.2. The smallest absolute Gasteiger partial charge is 0.306 e. The zero-order chi connectivity index (χ0) is 58.5. The zero-order valence-corrected chi connectivity index (χ0v) is 55.4. The number of ether oxygens (including phenoxy) is 3. The summed E-state index contributed by atoms with van der Waals surface area (Å²) in [6.07, 6.45) is 85.4. The molecule has 1 atom stereocenters. The highest BCUT2D eigenvalue weighted by atomic mass is 16.6. The van der Waals surface area contributed by atoms with E-state index >= 15 is 0 Å². The van der Waals surface area contributed by atoms with Gasteiger partial charge in [0, 0.05) is 19.3 Å². The number of hydrogen-bond acceptors (Lipinski definition) is 6. The van der Waals surface area contributed by atoms with Crippen molar-refractivity contribution < 1.29 is 28.6 Å². The minimum atomic E-state index is -0.765. The standard InChI is InChI=1S/C75H144O6/c1-4-7-10-13-16-19-22-25-28-31-32-33-34-35-36-37-38-39-40-41-42-43-44-45-48-50-53-56-59-62-65-68-74(77)80-71-72(81-75(78)69-66-63-60-57-54-51-47-30-27-24-21-18-15-12-9-6-3)70-79-73(76)67-64-61-58-55-52-49-46-29-26-23-20-17-14-11-8-5-2/h31-32,72H,4-30,33-71H2,1-3H3/b32-31-. The van der Waals surface area contributed by atoms with E-state index in [4.69, 9.17) is 14.2 Å². The van der Waals surface area contributed by atoms with E-state index in [1.54, 1.807) is 0 Å². The van der Waals surface area contributed by atoms with Gasteiger partial charge in [0.05, 0.1) is 0 Å². The van der Waals surface area contributed by atoms with Gasteiger partial charge in [-0.1, -0.05) is 380 Å². The lowest BCUT2D eigenvalue weighted by Gasteiger charge is -2.18. The molecule has 480 valence electrons. The van der Waals surface area contributed by atoms with Crippen LogP contribution in [0.3, 0.4) is 0 Å². The summed E-state index contributed by atoms with van der Waals surface area (Å²) in [5.74, 6) is -0.822. The fourth-order valence-corrected chi connectivity index (χ4v) is 11.7. The summed E-state index contributed by atoms with van der Waals surface area (Å²) in [5, 5.41) is 0. The van der Waals surface area contributed by atoms with Gasteiger partial charge in [0.2, 0.25) is 0 Å². The zero-order valence-electron chi connectivity index (χ0n) is 55.4. The lowest BCUT2D eigenvalue weighted by atomic mass is 10.0. The Labute approximate surface area is 507 Å². The number of hydrogen-bond donors (Lipinski definition) is 0. The third-order valence-electron chi connectivity index (χ3n) is 17.3. The summed E-state index contributed by atoms with van der Waals surface area (Å²) in [7, 11) is 0. The molecule has 0 aliphatic carbocycles. The van der Waals surface area contributed by atoms with Gasteiger partial charge < -0.3 is 14.2 Å². The van der Waals surface area contributed by atoms with Crippen molar-refractivity contribution in [1.82, 2.24) is 0 Å². The normalized spacial score (nSPS) is 12.0. The Kier molecular flexibility index (Phi) is 69.0. The highest BCUT2D eigenvalue weighted by Gasteiger charge is 2.20. The van der Waals surface area contributed by atoms with Crippen molar-refractivity contribution in [2.24, 2.45) is 0 Å². The topological polar surface area (TPSA) is 78.9 Å². The summed E-state index contributed by atoms with van der Waals surface area (Å²) < 4.78 is 17.0. The van der Waals surface area contributed by atoms with E-state index in [0.29, 0.717) is 19.3 Å². The van der Waals surface area contributed by atoms with Crippen molar-refractivity contribution in [3.8, 4) is 0 Å². The average Bonchev–Trinajstić information content (AvgIpc) is 3.47. The largest absolute Gasteiger partial charge is 0.462 e. The van der Waals surface area contributed by atoms with E-state index in [-0.39, 0.29) is 31.1 Å². The van der Waals surface area contributed by atoms with E-state index in [0.717, 1.165) is 57.8 Å². The van der Waals surface area contributed by atoms with Gasteiger partial charge in [-0.3, -0.25) is 14.4 Å². The SMILES string of the molecule is CCCCCCCCCC/C=C\CCCCCCCCCCCCCCCCCCCCCC(=O)OCC(COC(=O)CCCCCCCCCCCCCCCCCC)OC(=O)CCCCCCCCCCCCCCCCCC. The van der Waals surface area contributed by atoms with Crippen molar-refractivity contribution in [1.29, 1.82) is 0 Å². The second kappa shape index (κ2) is 70.6. The van der Waals surface area contributed by atoms with Gasteiger partial charge in [-0.15, -0.1) is 0 Å². The Bertz CT molecular complexity index is 1260. The molecule has 0 saturated carbocycles. The molecule has 0 aromatic rings. The minimum Gasteiger partial charge on any atom is -0.462 e. The summed E-state index contributed by atoms with van der Waals surface area (Å²) in [6, 6.07) is 0. The fraction of sp³-hybridized carbons (Fsp3) is 0.933. The Morgan fingerprint density at radius 2 is 0.407 bits per heavy atom. The first-order chi connectivity index (χ1) is 40.0. The summed E-state index contributed by atoms with van der Waals surface area (Å²) in [5.41, 5.74) is 0. The number of carbonyl (C=O) groups is 3. The molecule has 0 aliphatic heterocycles. The number of carbonyl (C=O) groups excluding carboxylic acids is 3. The van der Waals surface area contributed by atoms with Crippen LogP contribution in [0.2, 0.25) is 0 Å². The first-order valence-electron chi connectivity index (χ1n) is 37.2. The van der Waals surface area contributed by atoms with Crippen LogP contribution in [-0.4, -0.2) is 37.2 Å². The van der Waals surface area contributed by atoms with Gasteiger partial charge in [-0.2, -0.15) is 0 Å². The molecular weight excluding hydrogens is 997 g/mol. The number of esters is 3. The molecule has 0 amide bonds. The quantitative estimate of drug-likeness (QED) is 0.0261. The maximum Gasteiger partial charge on any atom is 0.306 e. The van der Waals surface area contributed by atoms with Gasteiger partial charge in [0.15, 0.2) is 6.10 Å². The van der Waals surface area contributed by atoms with Crippen LogP contribution < -0.4 is 0 Å². The molecule has 6 heteroatoms. The maximum absolute atomic E-state index is 12.9. The van der Waals surface area contributed by atoms with Crippen molar-refractivity contribution in [3.63, 3.8) is 0 Å². The molecule has 0 aromatic carbocycles. The van der Waals surface area contributed by atoms with Gasteiger partial charge in [0.1, 0.15) is 13.2 Å². The summed E-state index contributed by atoms with van der Waals surface area (Å²) >= 11 is 0. The molecule has 6 nitrogen and oxygen atoms in total. The molecule has 0 N–H and O–H groups in total. The fourth-order valence-electron chi connectivity index (χ4n) is 11.7. The molecule has 81 heavy (non-hydrogen) atoms. The Hall–Kier alpha value is -1.85. The number of unbranched alkanes of at least 4 members (excludes halogenated alkanes) is 57. The van der Waals surface area contributed by atoms with Gasteiger partial charge in [-0.25, -0.2) is 0 Å². The minimum absolute atomic E-state index is 0.0615. The van der Waals surface area contributed by atoms with E-state index in [2.05, 4.69) is 32.9 Å². The van der Waals surface area contributed by atoms with E-state index in [9.17, 15) is 14.4 Å².